The molecular weight excluding hydrogens is 436 g/mol. The molecule has 0 radical (unpaired) electrons. The fourth-order valence-electron chi connectivity index (χ4n) is 3.60. The molecule has 9 heteroatoms. The van der Waals surface area contributed by atoms with E-state index in [0.29, 0.717) is 16.7 Å². The van der Waals surface area contributed by atoms with Crippen molar-refractivity contribution in [1.29, 1.82) is 0 Å². The van der Waals surface area contributed by atoms with Crippen molar-refractivity contribution >= 4 is 27.4 Å². The zero-order chi connectivity index (χ0) is 22.0. The Balaban J connectivity index is 1.38. The van der Waals surface area contributed by atoms with Gasteiger partial charge < -0.3 is 9.64 Å². The Labute approximate surface area is 187 Å². The Bertz CT molecular complexity index is 1160. The van der Waals surface area contributed by atoms with Gasteiger partial charge >= 0.3 is 0 Å². The summed E-state index contributed by atoms with van der Waals surface area (Å²) in [6.45, 7) is 3.45. The number of hydrogen-bond donors (Lipinski definition) is 0. The van der Waals surface area contributed by atoms with Crippen LogP contribution < -0.4 is 9.64 Å². The molecule has 1 aromatic carbocycles. The second kappa shape index (κ2) is 8.80. The van der Waals surface area contributed by atoms with Crippen molar-refractivity contribution in [3.8, 4) is 16.9 Å². The summed E-state index contributed by atoms with van der Waals surface area (Å²) < 4.78 is 29.5. The van der Waals surface area contributed by atoms with Crippen molar-refractivity contribution in [2.24, 2.45) is 0 Å². The van der Waals surface area contributed by atoms with Gasteiger partial charge in [0.25, 0.3) is 0 Å². The monoisotopic (exact) mass is 458 g/mol. The van der Waals surface area contributed by atoms with E-state index in [1.165, 1.54) is 0 Å². The number of halogens is 1. The number of ether oxygens (including phenoxy) is 1. The van der Waals surface area contributed by atoms with Crippen LogP contribution in [0.15, 0.2) is 53.8 Å². The maximum atomic E-state index is 11.7. The lowest BCUT2D eigenvalue weighted by Crippen LogP contribution is -2.39. The van der Waals surface area contributed by atoms with E-state index in [4.69, 9.17) is 16.3 Å². The van der Waals surface area contributed by atoms with Crippen LogP contribution in [0.3, 0.4) is 0 Å². The highest BCUT2D eigenvalue weighted by molar-refractivity contribution is 7.90. The highest BCUT2D eigenvalue weighted by Gasteiger charge is 2.22. The number of piperidine rings is 1. The van der Waals surface area contributed by atoms with E-state index < -0.39 is 9.84 Å². The fourth-order valence-corrected chi connectivity index (χ4v) is 4.31. The average molecular weight is 459 g/mol. The summed E-state index contributed by atoms with van der Waals surface area (Å²) in [5.74, 6) is 1.50. The molecule has 0 bridgehead atoms. The molecule has 0 saturated carbocycles. The van der Waals surface area contributed by atoms with Crippen LogP contribution in [0.25, 0.3) is 11.1 Å². The van der Waals surface area contributed by atoms with Gasteiger partial charge in [0.1, 0.15) is 11.9 Å². The number of aryl methyl sites for hydroxylation is 1. The lowest BCUT2D eigenvalue weighted by atomic mass is 10.0. The smallest absolute Gasteiger partial charge is 0.225 e. The maximum absolute atomic E-state index is 11.7. The number of sulfone groups is 1. The molecule has 31 heavy (non-hydrogen) atoms. The zero-order valence-electron chi connectivity index (χ0n) is 17.3. The highest BCUT2D eigenvalue weighted by Crippen LogP contribution is 2.27. The van der Waals surface area contributed by atoms with E-state index in [-0.39, 0.29) is 11.1 Å². The molecule has 2 aromatic heterocycles. The quantitative estimate of drug-likeness (QED) is 0.572. The molecule has 1 aliphatic rings. The van der Waals surface area contributed by atoms with Gasteiger partial charge in [0.15, 0.2) is 14.9 Å². The summed E-state index contributed by atoms with van der Waals surface area (Å²) >= 11 is 5.86. The summed E-state index contributed by atoms with van der Waals surface area (Å²) in [5.41, 5.74) is 2.54. The number of anilines is 1. The standard InChI is InChI=1S/C22H23ClN4O3S/c1-15-20(7-8-21(26-15)31(2,28)29)16-3-5-18(6-4-16)30-19-9-11-27(12-10-19)22-24-13-17(23)14-25-22/h3-8,13-14,19H,9-12H2,1-2H3. The van der Waals surface area contributed by atoms with Gasteiger partial charge in [-0.2, -0.15) is 0 Å². The summed E-state index contributed by atoms with van der Waals surface area (Å²) in [4.78, 5) is 14.9. The van der Waals surface area contributed by atoms with Crippen LogP contribution in [-0.2, 0) is 9.84 Å². The van der Waals surface area contributed by atoms with Gasteiger partial charge in [0, 0.05) is 43.4 Å². The van der Waals surface area contributed by atoms with Crippen LogP contribution in [0.5, 0.6) is 5.75 Å². The minimum atomic E-state index is -3.32. The van der Waals surface area contributed by atoms with Crippen molar-refractivity contribution in [1.82, 2.24) is 15.0 Å². The Morgan fingerprint density at radius 2 is 1.68 bits per heavy atom. The first kappa shape index (κ1) is 21.5. The van der Waals surface area contributed by atoms with Crippen LogP contribution in [0.4, 0.5) is 5.95 Å². The first-order valence-electron chi connectivity index (χ1n) is 9.97. The average Bonchev–Trinajstić information content (AvgIpc) is 2.75. The molecule has 0 N–H and O–H groups in total. The van der Waals surface area contributed by atoms with Gasteiger partial charge in [-0.25, -0.2) is 23.4 Å². The van der Waals surface area contributed by atoms with Crippen LogP contribution in [0.2, 0.25) is 5.02 Å². The van der Waals surface area contributed by atoms with Gasteiger partial charge in [-0.05, 0) is 36.8 Å². The molecule has 1 saturated heterocycles. The lowest BCUT2D eigenvalue weighted by molar-refractivity contribution is 0.170. The van der Waals surface area contributed by atoms with Crippen molar-refractivity contribution < 1.29 is 13.2 Å². The molecule has 162 valence electrons. The van der Waals surface area contributed by atoms with Crippen molar-refractivity contribution in [3.63, 3.8) is 0 Å². The van der Waals surface area contributed by atoms with Gasteiger partial charge in [-0.15, -0.1) is 0 Å². The number of aromatic nitrogens is 3. The molecule has 0 spiro atoms. The van der Waals surface area contributed by atoms with Crippen molar-refractivity contribution in [2.45, 2.75) is 30.9 Å². The van der Waals surface area contributed by atoms with E-state index in [1.807, 2.05) is 31.2 Å². The predicted octanol–water partition coefficient (Wildman–Crippen LogP) is 3.95. The number of hydrogen-bond acceptors (Lipinski definition) is 7. The van der Waals surface area contributed by atoms with Crippen molar-refractivity contribution in [2.75, 3.05) is 24.2 Å². The van der Waals surface area contributed by atoms with Crippen LogP contribution in [0.1, 0.15) is 18.5 Å². The van der Waals surface area contributed by atoms with Crippen LogP contribution in [0, 0.1) is 6.92 Å². The van der Waals surface area contributed by atoms with Crippen molar-refractivity contribution in [3.05, 3.63) is 59.5 Å². The predicted molar refractivity (Wildman–Crippen MR) is 120 cm³/mol. The van der Waals surface area contributed by atoms with Gasteiger partial charge in [0.05, 0.1) is 17.4 Å². The number of nitrogens with zero attached hydrogens (tertiary/aromatic N) is 4. The summed E-state index contributed by atoms with van der Waals surface area (Å²) in [6, 6.07) is 11.2. The fraction of sp³-hybridized carbons (Fsp3) is 0.318. The minimum absolute atomic E-state index is 0.0871. The highest BCUT2D eigenvalue weighted by atomic mass is 35.5. The zero-order valence-corrected chi connectivity index (χ0v) is 18.9. The van der Waals surface area contributed by atoms with E-state index in [0.717, 1.165) is 49.1 Å². The topological polar surface area (TPSA) is 85.3 Å². The van der Waals surface area contributed by atoms with Crippen LogP contribution >= 0.6 is 11.6 Å². The second-order valence-electron chi connectivity index (χ2n) is 7.58. The third-order valence-corrected chi connectivity index (χ3v) is 6.42. The van der Waals surface area contributed by atoms with Gasteiger partial charge in [-0.3, -0.25) is 0 Å². The molecule has 7 nitrogen and oxygen atoms in total. The lowest BCUT2D eigenvalue weighted by Gasteiger charge is -2.32. The Hall–Kier alpha value is -2.71. The molecule has 3 heterocycles. The Morgan fingerprint density at radius 3 is 2.26 bits per heavy atom. The van der Waals surface area contributed by atoms with E-state index >= 15 is 0 Å². The molecule has 3 aromatic rings. The first-order valence-corrected chi connectivity index (χ1v) is 12.2. The van der Waals surface area contributed by atoms with Crippen LogP contribution in [-0.4, -0.2) is 48.8 Å². The summed E-state index contributed by atoms with van der Waals surface area (Å²) in [5, 5.41) is 0.617. The molecule has 0 amide bonds. The Kier molecular flexibility index (Phi) is 6.11. The van der Waals surface area contributed by atoms with E-state index in [2.05, 4.69) is 19.9 Å². The Morgan fingerprint density at radius 1 is 1.03 bits per heavy atom. The number of pyridine rings is 1. The summed E-state index contributed by atoms with van der Waals surface area (Å²) in [7, 11) is -3.32. The van der Waals surface area contributed by atoms with E-state index in [9.17, 15) is 8.42 Å². The summed E-state index contributed by atoms with van der Waals surface area (Å²) in [6.07, 6.45) is 6.27. The molecule has 1 aliphatic heterocycles. The molecular formula is C22H23ClN4O3S. The second-order valence-corrected chi connectivity index (χ2v) is 9.98. The minimum Gasteiger partial charge on any atom is -0.490 e. The van der Waals surface area contributed by atoms with E-state index in [1.54, 1.807) is 24.5 Å². The molecule has 0 atom stereocenters. The molecule has 0 unspecified atom stereocenters. The third-order valence-electron chi connectivity index (χ3n) is 5.24. The number of benzene rings is 1. The molecule has 4 rings (SSSR count). The molecule has 1 fully saturated rings. The SMILES string of the molecule is Cc1nc(S(C)(=O)=O)ccc1-c1ccc(OC2CCN(c3ncc(Cl)cn3)CC2)cc1. The molecule has 0 aliphatic carbocycles. The normalized spacial score (nSPS) is 15.1. The first-order chi connectivity index (χ1) is 14.8. The number of rotatable bonds is 5. The maximum Gasteiger partial charge on any atom is 0.225 e. The largest absolute Gasteiger partial charge is 0.490 e. The third kappa shape index (κ3) is 5.14. The van der Waals surface area contributed by atoms with Gasteiger partial charge in [0.2, 0.25) is 5.95 Å². The van der Waals surface area contributed by atoms with Gasteiger partial charge in [-0.1, -0.05) is 23.7 Å².